The molecule has 0 fully saturated rings. The average molecular weight is 274 g/mol. The van der Waals surface area contributed by atoms with Gasteiger partial charge in [-0.15, -0.1) is 0 Å². The first-order valence-electron chi connectivity index (χ1n) is 6.50. The van der Waals surface area contributed by atoms with Gasteiger partial charge in [-0.2, -0.15) is 0 Å². The van der Waals surface area contributed by atoms with Crippen LogP contribution in [0.4, 0.5) is 10.1 Å². The van der Waals surface area contributed by atoms with Crippen molar-refractivity contribution >= 4 is 5.69 Å². The van der Waals surface area contributed by atoms with Crippen LogP contribution in [0.3, 0.4) is 0 Å². The maximum atomic E-state index is 13.6. The molecule has 0 bridgehead atoms. The molecule has 2 aromatic carbocycles. The molecule has 1 unspecified atom stereocenters. The molecule has 0 saturated heterocycles. The molecule has 106 valence electrons. The Hall–Kier alpha value is -2.07. The highest BCUT2D eigenvalue weighted by Crippen LogP contribution is 2.22. The minimum atomic E-state index is -0.211. The second kappa shape index (κ2) is 6.39. The Balaban J connectivity index is 2.16. The van der Waals surface area contributed by atoms with E-state index in [1.54, 1.807) is 20.1 Å². The molecule has 0 radical (unpaired) electrons. The highest BCUT2D eigenvalue weighted by Gasteiger charge is 2.11. The number of nitrogens with two attached hydrogens (primary N) is 1. The van der Waals surface area contributed by atoms with E-state index in [0.717, 1.165) is 17.0 Å². The number of rotatable bonds is 5. The van der Waals surface area contributed by atoms with Gasteiger partial charge in [-0.05, 0) is 48.4 Å². The van der Waals surface area contributed by atoms with Crippen LogP contribution in [-0.4, -0.2) is 13.7 Å². The number of methoxy groups -OCH3 is 1. The van der Waals surface area contributed by atoms with Gasteiger partial charge in [0.2, 0.25) is 0 Å². The molecule has 4 heteroatoms. The van der Waals surface area contributed by atoms with E-state index in [0.29, 0.717) is 12.1 Å². The summed E-state index contributed by atoms with van der Waals surface area (Å²) in [5.74, 6) is 0.582. The Morgan fingerprint density at radius 3 is 2.45 bits per heavy atom. The summed E-state index contributed by atoms with van der Waals surface area (Å²) >= 11 is 0. The Morgan fingerprint density at radius 1 is 1.20 bits per heavy atom. The molecular weight excluding hydrogens is 255 g/mol. The predicted octanol–water partition coefficient (Wildman–Crippen LogP) is 3.25. The van der Waals surface area contributed by atoms with Crippen molar-refractivity contribution < 1.29 is 9.13 Å². The number of nitrogens with one attached hydrogen (secondary N) is 1. The molecule has 0 aliphatic rings. The number of benzene rings is 2. The van der Waals surface area contributed by atoms with Crippen molar-refractivity contribution in [1.82, 2.24) is 0 Å². The number of halogens is 1. The SMILES string of the molecule is COc1ccc(NC(CN)c2ccc(C)c(F)c2)cc1. The monoisotopic (exact) mass is 274 g/mol. The topological polar surface area (TPSA) is 47.3 Å². The van der Waals surface area contributed by atoms with Crippen LogP contribution in [-0.2, 0) is 0 Å². The van der Waals surface area contributed by atoms with Crippen LogP contribution in [0.2, 0.25) is 0 Å². The minimum absolute atomic E-state index is 0.126. The van der Waals surface area contributed by atoms with E-state index < -0.39 is 0 Å². The van der Waals surface area contributed by atoms with Crippen molar-refractivity contribution in [3.63, 3.8) is 0 Å². The van der Waals surface area contributed by atoms with Gasteiger partial charge in [0.1, 0.15) is 11.6 Å². The van der Waals surface area contributed by atoms with Gasteiger partial charge in [0.25, 0.3) is 0 Å². The van der Waals surface area contributed by atoms with Gasteiger partial charge in [-0.3, -0.25) is 0 Å². The van der Waals surface area contributed by atoms with Gasteiger partial charge in [0.05, 0.1) is 13.2 Å². The number of ether oxygens (including phenoxy) is 1. The lowest BCUT2D eigenvalue weighted by molar-refractivity contribution is 0.415. The molecule has 2 rings (SSSR count). The molecule has 0 saturated carbocycles. The first-order valence-corrected chi connectivity index (χ1v) is 6.50. The summed E-state index contributed by atoms with van der Waals surface area (Å²) in [5, 5.41) is 3.30. The zero-order valence-electron chi connectivity index (χ0n) is 11.7. The maximum Gasteiger partial charge on any atom is 0.126 e. The Bertz CT molecular complexity index is 569. The van der Waals surface area contributed by atoms with Crippen molar-refractivity contribution in [2.45, 2.75) is 13.0 Å². The van der Waals surface area contributed by atoms with E-state index >= 15 is 0 Å². The van der Waals surface area contributed by atoms with Gasteiger partial charge < -0.3 is 15.8 Å². The van der Waals surface area contributed by atoms with Crippen LogP contribution in [0.15, 0.2) is 42.5 Å². The molecule has 0 spiro atoms. The quantitative estimate of drug-likeness (QED) is 0.879. The van der Waals surface area contributed by atoms with E-state index in [2.05, 4.69) is 5.32 Å². The van der Waals surface area contributed by atoms with Crippen molar-refractivity contribution in [3.05, 3.63) is 59.4 Å². The Labute approximate surface area is 118 Å². The van der Waals surface area contributed by atoms with E-state index in [4.69, 9.17) is 10.5 Å². The van der Waals surface area contributed by atoms with Crippen molar-refractivity contribution in [2.24, 2.45) is 5.73 Å². The fraction of sp³-hybridized carbons (Fsp3) is 0.250. The second-order valence-electron chi connectivity index (χ2n) is 4.67. The Morgan fingerprint density at radius 2 is 1.90 bits per heavy atom. The summed E-state index contributed by atoms with van der Waals surface area (Å²) in [6, 6.07) is 12.6. The summed E-state index contributed by atoms with van der Waals surface area (Å²) in [5.41, 5.74) is 8.18. The number of anilines is 1. The highest BCUT2D eigenvalue weighted by atomic mass is 19.1. The lowest BCUT2D eigenvalue weighted by Crippen LogP contribution is -2.20. The van der Waals surface area contributed by atoms with Crippen LogP contribution in [0.5, 0.6) is 5.75 Å². The largest absolute Gasteiger partial charge is 0.497 e. The van der Waals surface area contributed by atoms with Crippen LogP contribution in [0.1, 0.15) is 17.2 Å². The third-order valence-corrected chi connectivity index (χ3v) is 3.26. The van der Waals surface area contributed by atoms with Gasteiger partial charge in [0, 0.05) is 12.2 Å². The van der Waals surface area contributed by atoms with Gasteiger partial charge >= 0.3 is 0 Å². The standard InChI is InChI=1S/C16H19FN2O/c1-11-3-4-12(9-15(11)17)16(10-18)19-13-5-7-14(20-2)8-6-13/h3-9,16,19H,10,18H2,1-2H3. The number of hydrogen-bond donors (Lipinski definition) is 2. The van der Waals surface area contributed by atoms with E-state index in [-0.39, 0.29) is 11.9 Å². The van der Waals surface area contributed by atoms with Crippen LogP contribution in [0, 0.1) is 12.7 Å². The fourth-order valence-corrected chi connectivity index (χ4v) is 1.99. The zero-order chi connectivity index (χ0) is 14.5. The lowest BCUT2D eigenvalue weighted by Gasteiger charge is -2.19. The van der Waals surface area contributed by atoms with Crippen LogP contribution >= 0.6 is 0 Å². The van der Waals surface area contributed by atoms with Gasteiger partial charge in [0.15, 0.2) is 0 Å². The molecule has 0 aliphatic heterocycles. The summed E-state index contributed by atoms with van der Waals surface area (Å²) in [4.78, 5) is 0. The van der Waals surface area contributed by atoms with Crippen LogP contribution < -0.4 is 15.8 Å². The number of aryl methyl sites for hydroxylation is 1. The van der Waals surface area contributed by atoms with Crippen molar-refractivity contribution in [1.29, 1.82) is 0 Å². The summed E-state index contributed by atoms with van der Waals surface area (Å²) in [6.45, 7) is 2.13. The molecular formula is C16H19FN2O. The maximum absolute atomic E-state index is 13.6. The van der Waals surface area contributed by atoms with E-state index in [1.807, 2.05) is 30.3 Å². The minimum Gasteiger partial charge on any atom is -0.497 e. The first kappa shape index (κ1) is 14.3. The molecule has 0 heterocycles. The molecule has 2 aromatic rings. The van der Waals surface area contributed by atoms with Gasteiger partial charge in [-0.25, -0.2) is 4.39 Å². The highest BCUT2D eigenvalue weighted by molar-refractivity contribution is 5.48. The number of hydrogen-bond acceptors (Lipinski definition) is 3. The van der Waals surface area contributed by atoms with Crippen LogP contribution in [0.25, 0.3) is 0 Å². The van der Waals surface area contributed by atoms with Crippen molar-refractivity contribution in [2.75, 3.05) is 19.0 Å². The summed E-state index contributed by atoms with van der Waals surface area (Å²) < 4.78 is 18.7. The molecule has 3 N–H and O–H groups in total. The lowest BCUT2D eigenvalue weighted by atomic mass is 10.0. The first-order chi connectivity index (χ1) is 9.63. The van der Waals surface area contributed by atoms with E-state index in [9.17, 15) is 4.39 Å². The molecule has 0 aromatic heterocycles. The third-order valence-electron chi connectivity index (χ3n) is 3.26. The Kier molecular flexibility index (Phi) is 4.58. The molecule has 0 amide bonds. The van der Waals surface area contributed by atoms with E-state index in [1.165, 1.54) is 6.07 Å². The zero-order valence-corrected chi connectivity index (χ0v) is 11.7. The summed E-state index contributed by atoms with van der Waals surface area (Å²) in [7, 11) is 1.63. The van der Waals surface area contributed by atoms with Crippen molar-refractivity contribution in [3.8, 4) is 5.75 Å². The molecule has 1 atom stereocenters. The molecule has 3 nitrogen and oxygen atoms in total. The molecule has 0 aliphatic carbocycles. The average Bonchev–Trinajstić information content (AvgIpc) is 2.48. The fourth-order valence-electron chi connectivity index (χ4n) is 1.99. The van der Waals surface area contributed by atoms with Gasteiger partial charge in [-0.1, -0.05) is 12.1 Å². The normalized spacial score (nSPS) is 12.0. The second-order valence-corrected chi connectivity index (χ2v) is 4.67. The third kappa shape index (κ3) is 3.27. The molecule has 20 heavy (non-hydrogen) atoms. The smallest absolute Gasteiger partial charge is 0.126 e. The predicted molar refractivity (Wildman–Crippen MR) is 79.5 cm³/mol. The summed E-state index contributed by atoms with van der Waals surface area (Å²) in [6.07, 6.45) is 0.